The fraction of sp³-hybridized carbons (Fsp3) is 0.500. The molecule has 0 aromatic carbocycles. The van der Waals surface area contributed by atoms with Gasteiger partial charge in [0.25, 0.3) is 0 Å². The molecule has 1 N–H and O–H groups in total. The predicted molar refractivity (Wildman–Crippen MR) is 78.4 cm³/mol. The number of thiophene rings is 1. The number of rotatable bonds is 6. The summed E-state index contributed by atoms with van der Waals surface area (Å²) in [5.74, 6) is 1.52. The van der Waals surface area contributed by atoms with E-state index in [1.54, 1.807) is 11.3 Å². The van der Waals surface area contributed by atoms with Crippen molar-refractivity contribution in [2.24, 2.45) is 5.92 Å². The predicted octanol–water partition coefficient (Wildman–Crippen LogP) is 2.89. The smallest absolute Gasteiger partial charge is 0.227 e. The average molecular weight is 293 g/mol. The summed E-state index contributed by atoms with van der Waals surface area (Å²) in [5, 5.41) is 10.8. The Morgan fingerprint density at radius 2 is 2.25 bits per heavy atom. The monoisotopic (exact) mass is 293 g/mol. The van der Waals surface area contributed by atoms with Crippen LogP contribution in [0.5, 0.6) is 0 Å². The van der Waals surface area contributed by atoms with E-state index in [-0.39, 0.29) is 11.9 Å². The lowest BCUT2D eigenvalue weighted by molar-refractivity contribution is -0.122. The Hall–Kier alpha value is -1.69. The van der Waals surface area contributed by atoms with Crippen LogP contribution >= 0.6 is 11.3 Å². The summed E-state index contributed by atoms with van der Waals surface area (Å²) >= 11 is 1.59. The molecule has 2 heterocycles. The zero-order chi connectivity index (χ0) is 14.5. The molecule has 1 unspecified atom stereocenters. The highest BCUT2D eigenvalue weighted by Gasteiger charge is 2.13. The van der Waals surface area contributed by atoms with Crippen LogP contribution < -0.4 is 5.32 Å². The molecule has 2 aromatic heterocycles. The first-order chi connectivity index (χ1) is 9.56. The Morgan fingerprint density at radius 1 is 1.45 bits per heavy atom. The first-order valence-corrected chi connectivity index (χ1v) is 7.65. The van der Waals surface area contributed by atoms with Crippen LogP contribution in [0.15, 0.2) is 21.3 Å². The number of carbonyl (C=O) groups excluding carboxylic acids is 1. The summed E-state index contributed by atoms with van der Waals surface area (Å²) < 4.78 is 5.15. The molecular weight excluding hydrogens is 274 g/mol. The van der Waals surface area contributed by atoms with Crippen LogP contribution in [-0.2, 0) is 11.2 Å². The molecule has 1 amide bonds. The number of nitrogens with one attached hydrogen (secondary N) is 1. The van der Waals surface area contributed by atoms with Crippen LogP contribution in [0.4, 0.5) is 0 Å². The highest BCUT2D eigenvalue weighted by atomic mass is 32.1. The molecule has 5 nitrogen and oxygen atoms in total. The van der Waals surface area contributed by atoms with Crippen LogP contribution in [0.3, 0.4) is 0 Å². The van der Waals surface area contributed by atoms with Crippen molar-refractivity contribution in [1.82, 2.24) is 15.5 Å². The van der Waals surface area contributed by atoms with E-state index in [0.29, 0.717) is 30.5 Å². The Balaban J connectivity index is 1.84. The van der Waals surface area contributed by atoms with Crippen molar-refractivity contribution < 1.29 is 9.32 Å². The van der Waals surface area contributed by atoms with Gasteiger partial charge in [0.2, 0.25) is 17.6 Å². The second-order valence-corrected chi connectivity index (χ2v) is 5.90. The van der Waals surface area contributed by atoms with E-state index < -0.39 is 0 Å². The molecule has 0 aliphatic carbocycles. The number of amides is 1. The van der Waals surface area contributed by atoms with Crippen LogP contribution in [0.25, 0.3) is 11.4 Å². The molecule has 20 heavy (non-hydrogen) atoms. The summed E-state index contributed by atoms with van der Waals surface area (Å²) in [6, 6.07) is 2.11. The van der Waals surface area contributed by atoms with Gasteiger partial charge in [-0.1, -0.05) is 19.0 Å². The number of hydrogen-bond donors (Lipinski definition) is 1. The summed E-state index contributed by atoms with van der Waals surface area (Å²) in [6.07, 6.45) is 0.829. The molecule has 0 bridgehead atoms. The van der Waals surface area contributed by atoms with Crippen molar-refractivity contribution in [2.75, 3.05) is 0 Å². The second-order valence-electron chi connectivity index (χ2n) is 5.12. The Labute approximate surface area is 122 Å². The van der Waals surface area contributed by atoms with Crippen molar-refractivity contribution in [3.8, 4) is 11.4 Å². The normalized spacial score (nSPS) is 12.6. The zero-order valence-corrected chi connectivity index (χ0v) is 12.7. The summed E-state index contributed by atoms with van der Waals surface area (Å²) in [4.78, 5) is 16.1. The largest absolute Gasteiger partial charge is 0.353 e. The number of aromatic nitrogens is 2. The van der Waals surface area contributed by atoms with Gasteiger partial charge in [0.15, 0.2) is 0 Å². The van der Waals surface area contributed by atoms with E-state index in [1.165, 1.54) is 0 Å². The number of hydrogen-bond acceptors (Lipinski definition) is 5. The van der Waals surface area contributed by atoms with Crippen molar-refractivity contribution in [1.29, 1.82) is 0 Å². The van der Waals surface area contributed by atoms with E-state index in [1.807, 2.05) is 23.8 Å². The van der Waals surface area contributed by atoms with E-state index in [0.717, 1.165) is 5.56 Å². The summed E-state index contributed by atoms with van der Waals surface area (Å²) in [6.45, 7) is 6.16. The van der Waals surface area contributed by atoms with Crippen molar-refractivity contribution >= 4 is 17.2 Å². The van der Waals surface area contributed by atoms with Gasteiger partial charge in [-0.2, -0.15) is 16.3 Å². The maximum Gasteiger partial charge on any atom is 0.227 e. The Morgan fingerprint density at radius 3 is 2.90 bits per heavy atom. The zero-order valence-electron chi connectivity index (χ0n) is 11.9. The third-order valence-corrected chi connectivity index (χ3v) is 3.89. The molecule has 2 aromatic rings. The first-order valence-electron chi connectivity index (χ1n) is 6.70. The van der Waals surface area contributed by atoms with Gasteiger partial charge in [0, 0.05) is 29.8 Å². The molecule has 0 saturated heterocycles. The molecule has 0 fully saturated rings. The molecule has 0 aliphatic heterocycles. The quantitative estimate of drug-likeness (QED) is 0.889. The van der Waals surface area contributed by atoms with Gasteiger partial charge in [-0.15, -0.1) is 0 Å². The van der Waals surface area contributed by atoms with Gasteiger partial charge in [0.05, 0.1) is 0 Å². The molecular formula is C14H19N3O2S. The maximum atomic E-state index is 11.8. The van der Waals surface area contributed by atoms with E-state index in [9.17, 15) is 4.79 Å². The molecule has 0 spiro atoms. The maximum absolute atomic E-state index is 11.8. The SMILES string of the molecule is CC(C)C(C)NC(=O)CCc1nc(-c2ccsc2)no1. The minimum absolute atomic E-state index is 0.0153. The lowest BCUT2D eigenvalue weighted by Gasteiger charge is -2.16. The Bertz CT molecular complexity index is 549. The van der Waals surface area contributed by atoms with Crippen LogP contribution in [-0.4, -0.2) is 22.1 Å². The van der Waals surface area contributed by atoms with Crippen LogP contribution in [0, 0.1) is 5.92 Å². The van der Waals surface area contributed by atoms with Gasteiger partial charge >= 0.3 is 0 Å². The lowest BCUT2D eigenvalue weighted by atomic mass is 10.1. The number of nitrogens with zero attached hydrogens (tertiary/aromatic N) is 2. The van der Waals surface area contributed by atoms with Crippen molar-refractivity contribution in [2.45, 2.75) is 39.7 Å². The molecule has 1 atom stereocenters. The van der Waals surface area contributed by atoms with Gasteiger partial charge in [-0.05, 0) is 24.3 Å². The van der Waals surface area contributed by atoms with Crippen molar-refractivity contribution in [3.63, 3.8) is 0 Å². The minimum atomic E-state index is 0.0153. The molecule has 0 saturated carbocycles. The fourth-order valence-electron chi connectivity index (χ4n) is 1.58. The third kappa shape index (κ3) is 3.90. The summed E-state index contributed by atoms with van der Waals surface area (Å²) in [5.41, 5.74) is 0.947. The summed E-state index contributed by atoms with van der Waals surface area (Å²) in [7, 11) is 0. The number of aryl methyl sites for hydroxylation is 1. The Kier molecular flexibility index (Phi) is 4.89. The van der Waals surface area contributed by atoms with E-state index in [2.05, 4.69) is 29.3 Å². The standard InChI is InChI=1S/C14H19N3O2S/c1-9(2)10(3)15-12(18)4-5-13-16-14(17-19-13)11-6-7-20-8-11/h6-10H,4-5H2,1-3H3,(H,15,18). The van der Waals surface area contributed by atoms with E-state index in [4.69, 9.17) is 4.52 Å². The van der Waals surface area contributed by atoms with E-state index >= 15 is 0 Å². The van der Waals surface area contributed by atoms with Crippen LogP contribution in [0.1, 0.15) is 33.1 Å². The fourth-order valence-corrected chi connectivity index (χ4v) is 2.21. The minimum Gasteiger partial charge on any atom is -0.353 e. The second kappa shape index (κ2) is 6.65. The topological polar surface area (TPSA) is 68.0 Å². The highest BCUT2D eigenvalue weighted by molar-refractivity contribution is 7.08. The number of carbonyl (C=O) groups is 1. The highest BCUT2D eigenvalue weighted by Crippen LogP contribution is 2.18. The molecule has 2 rings (SSSR count). The van der Waals surface area contributed by atoms with Gasteiger partial charge in [-0.25, -0.2) is 0 Å². The average Bonchev–Trinajstić information content (AvgIpc) is 3.07. The lowest BCUT2D eigenvalue weighted by Crippen LogP contribution is -2.36. The third-order valence-electron chi connectivity index (χ3n) is 3.20. The van der Waals surface area contributed by atoms with Gasteiger partial charge in [0.1, 0.15) is 0 Å². The molecule has 0 radical (unpaired) electrons. The molecule has 6 heteroatoms. The first kappa shape index (κ1) is 14.7. The van der Waals surface area contributed by atoms with Crippen LogP contribution in [0.2, 0.25) is 0 Å². The molecule has 108 valence electrons. The van der Waals surface area contributed by atoms with Gasteiger partial charge in [-0.3, -0.25) is 4.79 Å². The van der Waals surface area contributed by atoms with Gasteiger partial charge < -0.3 is 9.84 Å². The van der Waals surface area contributed by atoms with Crippen molar-refractivity contribution in [3.05, 3.63) is 22.7 Å². The molecule has 0 aliphatic rings.